The highest BCUT2D eigenvalue weighted by Crippen LogP contribution is 2.42. The minimum absolute atomic E-state index is 0.515. The summed E-state index contributed by atoms with van der Waals surface area (Å²) in [5, 5.41) is 0. The predicted octanol–water partition coefficient (Wildman–Crippen LogP) is 7.14. The van der Waals surface area contributed by atoms with E-state index in [0.29, 0.717) is 6.92 Å². The van der Waals surface area contributed by atoms with E-state index in [1.807, 2.05) is 0 Å². The summed E-state index contributed by atoms with van der Waals surface area (Å²) < 4.78 is 181. The molecule has 0 saturated carbocycles. The second kappa shape index (κ2) is 7.71. The topological polar surface area (TPSA) is 0 Å². The highest BCUT2D eigenvalue weighted by molar-refractivity contribution is 5.75. The van der Waals surface area contributed by atoms with Gasteiger partial charge in [-0.2, -0.15) is 0 Å². The maximum Gasteiger partial charge on any atom is 0.200 e. The fraction of sp³-hybridized carbons (Fsp3) is 0.0526. The number of halogens is 13. The average molecular weight is 478 g/mol. The Morgan fingerprint density at radius 2 is 0.406 bits per heavy atom. The molecule has 32 heavy (non-hydrogen) atoms. The molecule has 13 heteroatoms. The number of hydrogen-bond donors (Lipinski definition) is 0. The molecule has 0 saturated heterocycles. The van der Waals surface area contributed by atoms with Crippen molar-refractivity contribution in [1.29, 1.82) is 0 Å². The molecular formula is C19H3F13. The van der Waals surface area contributed by atoms with Gasteiger partial charge in [0.15, 0.2) is 69.8 Å². The first kappa shape index (κ1) is 23.4. The first-order valence-corrected chi connectivity index (χ1v) is 7.96. The molecule has 0 aliphatic heterocycles. The molecule has 0 heterocycles. The van der Waals surface area contributed by atoms with Crippen LogP contribution in [0, 0.1) is 82.5 Å². The highest BCUT2D eigenvalue weighted by Gasteiger charge is 2.37. The van der Waals surface area contributed by atoms with Crippen molar-refractivity contribution in [1.82, 2.24) is 0 Å². The Bertz CT molecular complexity index is 1120. The van der Waals surface area contributed by atoms with Gasteiger partial charge in [-0.15, -0.1) is 0 Å². The molecule has 3 rings (SSSR count). The van der Waals surface area contributed by atoms with Crippen LogP contribution in [0.1, 0.15) is 5.56 Å². The van der Waals surface area contributed by atoms with E-state index in [9.17, 15) is 57.1 Å². The van der Waals surface area contributed by atoms with Gasteiger partial charge in [0.05, 0.1) is 22.3 Å². The van der Waals surface area contributed by atoms with Crippen LogP contribution in [0.3, 0.4) is 0 Å². The highest BCUT2D eigenvalue weighted by atomic mass is 19.2. The molecule has 0 unspecified atom stereocenters. The zero-order valence-corrected chi connectivity index (χ0v) is 14.9. The van der Waals surface area contributed by atoms with Gasteiger partial charge in [-0.05, 0) is 6.92 Å². The van der Waals surface area contributed by atoms with Gasteiger partial charge < -0.3 is 0 Å². The van der Waals surface area contributed by atoms with Gasteiger partial charge in [-0.1, -0.05) is 0 Å². The van der Waals surface area contributed by atoms with Crippen LogP contribution in [0.15, 0.2) is 0 Å². The van der Waals surface area contributed by atoms with Crippen LogP contribution in [0.5, 0.6) is 0 Å². The van der Waals surface area contributed by atoms with Crippen molar-refractivity contribution >= 4 is 0 Å². The standard InChI is InChI=1S/C19H3F13/c1-2-7(20)9(22)3(10(23)8(2)21)4-11(24)13(26)5(14(27)12(4)25)6-15(28)17(30)19(32)18(31)16(6)29/h1H3. The van der Waals surface area contributed by atoms with Crippen molar-refractivity contribution in [2.75, 3.05) is 0 Å². The Balaban J connectivity index is 2.50. The van der Waals surface area contributed by atoms with E-state index in [2.05, 4.69) is 0 Å². The lowest BCUT2D eigenvalue weighted by molar-refractivity contribution is 0.379. The predicted molar refractivity (Wildman–Crippen MR) is 81.5 cm³/mol. The van der Waals surface area contributed by atoms with Crippen LogP contribution in [-0.4, -0.2) is 0 Å². The van der Waals surface area contributed by atoms with Crippen molar-refractivity contribution < 1.29 is 57.1 Å². The third kappa shape index (κ3) is 3.01. The summed E-state index contributed by atoms with van der Waals surface area (Å²) >= 11 is 0. The molecule has 0 aliphatic carbocycles. The zero-order valence-electron chi connectivity index (χ0n) is 14.9. The molecule has 0 bridgehead atoms. The summed E-state index contributed by atoms with van der Waals surface area (Å²) in [6.45, 7) is 0.515. The smallest absolute Gasteiger partial charge is 0.200 e. The molecule has 0 radical (unpaired) electrons. The molecule has 0 spiro atoms. The van der Waals surface area contributed by atoms with E-state index in [1.54, 1.807) is 0 Å². The minimum atomic E-state index is -2.87. The van der Waals surface area contributed by atoms with Crippen LogP contribution < -0.4 is 0 Å². The average Bonchev–Trinajstić information content (AvgIpc) is 2.76. The van der Waals surface area contributed by atoms with Gasteiger partial charge in [0.25, 0.3) is 0 Å². The largest absolute Gasteiger partial charge is 0.203 e. The Kier molecular flexibility index (Phi) is 5.64. The molecule has 0 nitrogen and oxygen atoms in total. The van der Waals surface area contributed by atoms with Crippen LogP contribution in [-0.2, 0) is 0 Å². The summed E-state index contributed by atoms with van der Waals surface area (Å²) in [6, 6.07) is 0. The molecular weight excluding hydrogens is 475 g/mol. The van der Waals surface area contributed by atoms with Crippen molar-refractivity contribution in [3.8, 4) is 22.3 Å². The van der Waals surface area contributed by atoms with Crippen LogP contribution in [0.2, 0.25) is 0 Å². The van der Waals surface area contributed by atoms with Crippen LogP contribution >= 0.6 is 0 Å². The van der Waals surface area contributed by atoms with E-state index in [1.165, 1.54) is 0 Å². The maximum absolute atomic E-state index is 14.5. The van der Waals surface area contributed by atoms with Gasteiger partial charge >= 0.3 is 0 Å². The van der Waals surface area contributed by atoms with E-state index in [0.717, 1.165) is 0 Å². The Morgan fingerprint density at radius 1 is 0.250 bits per heavy atom. The second-order valence-corrected chi connectivity index (χ2v) is 6.21. The van der Waals surface area contributed by atoms with Gasteiger partial charge in [-0.25, -0.2) is 57.1 Å². The fourth-order valence-corrected chi connectivity index (χ4v) is 2.86. The lowest BCUT2D eigenvalue weighted by Crippen LogP contribution is -2.11. The molecule has 3 aromatic rings. The summed E-state index contributed by atoms with van der Waals surface area (Å²) in [5.74, 6) is -34.8. The first-order chi connectivity index (χ1) is 14.7. The fourth-order valence-electron chi connectivity index (χ4n) is 2.86. The second-order valence-electron chi connectivity index (χ2n) is 6.21. The summed E-state index contributed by atoms with van der Waals surface area (Å²) in [6.07, 6.45) is 0. The number of rotatable bonds is 2. The third-order valence-corrected chi connectivity index (χ3v) is 4.46. The maximum atomic E-state index is 14.5. The first-order valence-electron chi connectivity index (χ1n) is 7.96. The van der Waals surface area contributed by atoms with Crippen LogP contribution in [0.4, 0.5) is 57.1 Å². The molecule has 0 amide bonds. The van der Waals surface area contributed by atoms with Crippen molar-refractivity contribution in [2.45, 2.75) is 6.92 Å². The van der Waals surface area contributed by atoms with E-state index >= 15 is 0 Å². The van der Waals surface area contributed by atoms with Gasteiger partial charge in [0, 0.05) is 5.56 Å². The van der Waals surface area contributed by atoms with Crippen LogP contribution in [0.25, 0.3) is 22.3 Å². The van der Waals surface area contributed by atoms with E-state index in [4.69, 9.17) is 0 Å². The van der Waals surface area contributed by atoms with Gasteiger partial charge in [-0.3, -0.25) is 0 Å². The number of benzene rings is 3. The minimum Gasteiger partial charge on any atom is -0.203 e. The Labute approximate surface area is 168 Å². The number of hydrogen-bond acceptors (Lipinski definition) is 0. The molecule has 0 atom stereocenters. The van der Waals surface area contributed by atoms with Gasteiger partial charge in [0.2, 0.25) is 5.82 Å². The van der Waals surface area contributed by atoms with E-state index in [-0.39, 0.29) is 0 Å². The lowest BCUT2D eigenvalue weighted by atomic mass is 9.94. The zero-order chi connectivity index (χ0) is 24.4. The molecule has 0 fully saturated rings. The quantitative estimate of drug-likeness (QED) is 0.209. The summed E-state index contributed by atoms with van der Waals surface area (Å²) in [4.78, 5) is 0. The Morgan fingerprint density at radius 3 is 0.656 bits per heavy atom. The van der Waals surface area contributed by atoms with Crippen molar-refractivity contribution in [3.63, 3.8) is 0 Å². The Hall–Kier alpha value is -3.25. The molecule has 0 aromatic heterocycles. The lowest BCUT2D eigenvalue weighted by Gasteiger charge is -2.16. The third-order valence-electron chi connectivity index (χ3n) is 4.46. The summed E-state index contributed by atoms with van der Waals surface area (Å²) in [7, 11) is 0. The van der Waals surface area contributed by atoms with Crippen molar-refractivity contribution in [2.24, 2.45) is 0 Å². The monoisotopic (exact) mass is 478 g/mol. The molecule has 3 aromatic carbocycles. The normalized spacial score (nSPS) is 11.4. The summed E-state index contributed by atoms with van der Waals surface area (Å²) in [5.41, 5.74) is -10.8. The van der Waals surface area contributed by atoms with Gasteiger partial charge in [0.1, 0.15) is 0 Å². The van der Waals surface area contributed by atoms with E-state index < -0.39 is 103 Å². The van der Waals surface area contributed by atoms with Crippen molar-refractivity contribution in [3.05, 3.63) is 81.2 Å². The molecule has 0 aliphatic rings. The SMILES string of the molecule is Cc1c(F)c(F)c(-c2c(F)c(F)c(-c3c(F)c(F)c(F)c(F)c3F)c(F)c2F)c(F)c1F. The molecule has 0 N–H and O–H groups in total. The molecule has 170 valence electrons.